The maximum absolute atomic E-state index is 14.3. The van der Waals surface area contributed by atoms with Crippen LogP contribution >= 0.6 is 11.6 Å². The number of halogens is 8. The number of nitrogens with one attached hydrogen (secondary N) is 1. The van der Waals surface area contributed by atoms with Gasteiger partial charge in [0.2, 0.25) is 11.7 Å². The number of imidazole rings is 1. The first-order chi connectivity index (χ1) is 23.3. The number of rotatable bonds is 8. The number of benzene rings is 1. The number of hydrogen-bond donors (Lipinski definition) is 1. The molecule has 1 atom stereocenters. The van der Waals surface area contributed by atoms with Crippen LogP contribution in [0, 0.1) is 5.82 Å². The highest BCUT2D eigenvalue weighted by molar-refractivity contribution is 6.30. The van der Waals surface area contributed by atoms with Crippen molar-refractivity contribution in [1.29, 1.82) is 0 Å². The summed E-state index contributed by atoms with van der Waals surface area (Å²) >= 11 is 5.79. The van der Waals surface area contributed by atoms with Crippen molar-refractivity contribution >= 4 is 22.6 Å². The number of aromatic nitrogens is 7. The van der Waals surface area contributed by atoms with Crippen LogP contribution in [-0.4, -0.2) is 58.9 Å². The predicted octanol–water partition coefficient (Wildman–Crippen LogP) is 6.76. The van der Waals surface area contributed by atoms with E-state index in [9.17, 15) is 30.7 Å². The molecule has 0 aliphatic carbocycles. The van der Waals surface area contributed by atoms with E-state index in [1.165, 1.54) is 24.4 Å². The quantitative estimate of drug-likeness (QED) is 0.176. The molecule has 1 saturated heterocycles. The molecule has 258 valence electrons. The molecule has 1 N–H and O–H groups in total. The molecule has 1 aromatic carbocycles. The van der Waals surface area contributed by atoms with Crippen LogP contribution < -0.4 is 4.74 Å². The zero-order chi connectivity index (χ0) is 34.5. The molecule has 4 aromatic heterocycles. The maximum Gasteiger partial charge on any atom is 0.451 e. The molecule has 10 nitrogen and oxygen atoms in total. The molecule has 7 rings (SSSR count). The van der Waals surface area contributed by atoms with Crippen LogP contribution in [0.25, 0.3) is 22.6 Å². The van der Waals surface area contributed by atoms with Gasteiger partial charge in [-0.15, -0.1) is 0 Å². The van der Waals surface area contributed by atoms with Gasteiger partial charge in [-0.25, -0.2) is 19.3 Å². The third-order valence-electron chi connectivity index (χ3n) is 8.38. The Morgan fingerprint density at radius 1 is 1.04 bits per heavy atom. The van der Waals surface area contributed by atoms with Crippen molar-refractivity contribution in [2.24, 2.45) is 0 Å². The molecule has 18 heteroatoms. The molecule has 0 spiro atoms. The lowest BCUT2D eigenvalue weighted by Gasteiger charge is -2.29. The van der Waals surface area contributed by atoms with Crippen LogP contribution in [-0.2, 0) is 49.8 Å². The summed E-state index contributed by atoms with van der Waals surface area (Å²) in [4.78, 5) is 18.9. The van der Waals surface area contributed by atoms with E-state index in [1.807, 2.05) is 14.6 Å². The van der Waals surface area contributed by atoms with Gasteiger partial charge in [0.1, 0.15) is 29.5 Å². The smallest absolute Gasteiger partial charge is 0.451 e. The molecule has 49 heavy (non-hydrogen) atoms. The molecule has 0 bridgehead atoms. The van der Waals surface area contributed by atoms with E-state index in [0.717, 1.165) is 25.0 Å². The van der Waals surface area contributed by atoms with Gasteiger partial charge in [-0.2, -0.15) is 31.4 Å². The monoisotopic (exact) mass is 710 g/mol. The third-order valence-corrected chi connectivity index (χ3v) is 8.62. The van der Waals surface area contributed by atoms with Crippen LogP contribution in [0.2, 0.25) is 5.02 Å². The first-order valence-corrected chi connectivity index (χ1v) is 15.6. The van der Waals surface area contributed by atoms with E-state index in [1.54, 1.807) is 0 Å². The second kappa shape index (κ2) is 12.8. The Morgan fingerprint density at radius 2 is 1.88 bits per heavy atom. The van der Waals surface area contributed by atoms with E-state index < -0.39 is 42.0 Å². The second-order valence-electron chi connectivity index (χ2n) is 11.8. The van der Waals surface area contributed by atoms with Gasteiger partial charge >= 0.3 is 12.4 Å². The van der Waals surface area contributed by atoms with Crippen LogP contribution in [0.15, 0.2) is 36.5 Å². The molecule has 0 amide bonds. The fourth-order valence-corrected chi connectivity index (χ4v) is 6.10. The first-order valence-electron chi connectivity index (χ1n) is 15.2. The molecule has 0 radical (unpaired) electrons. The summed E-state index contributed by atoms with van der Waals surface area (Å²) in [5.41, 5.74) is 0.926. The molecule has 0 unspecified atom stereocenters. The minimum atomic E-state index is -4.76. The minimum absolute atomic E-state index is 0.0188. The Kier molecular flexibility index (Phi) is 8.69. The van der Waals surface area contributed by atoms with E-state index in [2.05, 4.69) is 20.1 Å². The van der Waals surface area contributed by atoms with Gasteiger partial charge in [0.25, 0.3) is 0 Å². The summed E-state index contributed by atoms with van der Waals surface area (Å²) in [6.45, 7) is 1.41. The number of fused-ring (bicyclic) bond motifs is 2. The number of nitrogens with zero attached hydrogens (tertiary/aromatic N) is 7. The summed E-state index contributed by atoms with van der Waals surface area (Å²) in [5, 5.41) is 5.68. The van der Waals surface area contributed by atoms with Crippen LogP contribution in [0.5, 0.6) is 5.88 Å². The largest absolute Gasteiger partial charge is 0.472 e. The van der Waals surface area contributed by atoms with Gasteiger partial charge < -0.3 is 14.0 Å². The molecule has 2 aliphatic rings. The average Bonchev–Trinajstić information content (AvgIpc) is 3.81. The van der Waals surface area contributed by atoms with Crippen molar-refractivity contribution in [3.63, 3.8) is 0 Å². The lowest BCUT2D eigenvalue weighted by Crippen LogP contribution is -2.33. The Balaban J connectivity index is 1.17. The van der Waals surface area contributed by atoms with Crippen molar-refractivity contribution in [2.45, 2.75) is 64.0 Å². The van der Waals surface area contributed by atoms with Crippen molar-refractivity contribution in [2.75, 3.05) is 13.2 Å². The SMILES string of the molecule is Fc1cc(Cl)ccc1COc1nc2c(cc1C(F)(F)F)CCN(Cc1nc3cc(-c4n[nH]c(C(F)(F)F)n4)ncc3n1C[C@H]1CCCO1)C2. The lowest BCUT2D eigenvalue weighted by atomic mass is 10.0. The number of aromatic amines is 1. The highest BCUT2D eigenvalue weighted by Gasteiger charge is 2.38. The molecule has 2 aliphatic heterocycles. The molecule has 6 heterocycles. The topological polar surface area (TPSA) is 107 Å². The zero-order valence-electron chi connectivity index (χ0n) is 25.4. The average molecular weight is 711 g/mol. The number of hydrogen-bond acceptors (Lipinski definition) is 8. The van der Waals surface area contributed by atoms with Crippen LogP contribution in [0.4, 0.5) is 30.7 Å². The lowest BCUT2D eigenvalue weighted by molar-refractivity contribution is -0.144. The highest BCUT2D eigenvalue weighted by Crippen LogP contribution is 2.38. The summed E-state index contributed by atoms with van der Waals surface area (Å²) in [6, 6.07) is 6.32. The number of ether oxygens (including phenoxy) is 2. The summed E-state index contributed by atoms with van der Waals surface area (Å²) in [5.74, 6) is -2.27. The van der Waals surface area contributed by atoms with Crippen molar-refractivity contribution in [3.05, 3.63) is 81.4 Å². The van der Waals surface area contributed by atoms with Gasteiger partial charge in [0, 0.05) is 30.3 Å². The van der Waals surface area contributed by atoms with Gasteiger partial charge in [-0.3, -0.25) is 15.0 Å². The number of alkyl halides is 6. The van der Waals surface area contributed by atoms with Gasteiger partial charge in [0.15, 0.2) is 5.82 Å². The zero-order valence-corrected chi connectivity index (χ0v) is 26.1. The molecular formula is C31H26ClF7N8O2. The Morgan fingerprint density at radius 3 is 2.59 bits per heavy atom. The minimum Gasteiger partial charge on any atom is -0.472 e. The van der Waals surface area contributed by atoms with Gasteiger partial charge in [-0.05, 0) is 49.1 Å². The third kappa shape index (κ3) is 7.05. The number of pyridine rings is 2. The summed E-state index contributed by atoms with van der Waals surface area (Å²) in [6.07, 6.45) is -6.07. The normalized spacial score (nSPS) is 17.2. The summed E-state index contributed by atoms with van der Waals surface area (Å²) in [7, 11) is 0. The van der Waals surface area contributed by atoms with Gasteiger partial charge in [0.05, 0.1) is 42.1 Å². The van der Waals surface area contributed by atoms with E-state index in [0.29, 0.717) is 47.8 Å². The fourth-order valence-electron chi connectivity index (χ4n) is 5.94. The maximum atomic E-state index is 14.3. The Bertz CT molecular complexity index is 2010. The Labute approximate surface area is 278 Å². The van der Waals surface area contributed by atoms with Crippen molar-refractivity contribution in [3.8, 4) is 17.4 Å². The fraction of sp³-hybridized carbons (Fsp3) is 0.387. The molecule has 1 fully saturated rings. The van der Waals surface area contributed by atoms with E-state index in [4.69, 9.17) is 26.1 Å². The van der Waals surface area contributed by atoms with E-state index >= 15 is 0 Å². The summed E-state index contributed by atoms with van der Waals surface area (Å²) < 4.78 is 109. The standard InChI is InChI=1S/C31H26ClF7N8O2/c32-18-4-3-17(21(33)9-18)15-49-28-20(30(34,35)36)8-16-5-6-46(13-24(16)42-28)14-26-41-22-10-23(27-43-29(45-44-27)31(37,38)39)40-11-25(22)47(26)12-19-2-1-7-48-19/h3-4,8-11,19H,1-2,5-7,12-15H2,(H,43,44,45)/t19-/m1/s1. The first kappa shape index (κ1) is 33.2. The predicted molar refractivity (Wildman–Crippen MR) is 160 cm³/mol. The second-order valence-corrected chi connectivity index (χ2v) is 12.2. The van der Waals surface area contributed by atoms with Crippen molar-refractivity contribution < 1.29 is 40.2 Å². The highest BCUT2D eigenvalue weighted by atomic mass is 35.5. The Hall–Kier alpha value is -4.35. The van der Waals surface area contributed by atoms with Gasteiger partial charge in [-0.1, -0.05) is 17.7 Å². The van der Waals surface area contributed by atoms with Crippen LogP contribution in [0.1, 0.15) is 46.9 Å². The molecule has 0 saturated carbocycles. The molecular weight excluding hydrogens is 685 g/mol. The van der Waals surface area contributed by atoms with Crippen LogP contribution in [0.3, 0.4) is 0 Å². The molecule has 5 aromatic rings. The number of H-pyrrole nitrogens is 1. The van der Waals surface area contributed by atoms with Crippen molar-refractivity contribution in [1.82, 2.24) is 39.6 Å². The van der Waals surface area contributed by atoms with E-state index in [-0.39, 0.29) is 47.7 Å².